The molecule has 1 heterocycles. The van der Waals surface area contributed by atoms with E-state index in [0.717, 1.165) is 38.9 Å². The molecule has 1 saturated heterocycles. The second kappa shape index (κ2) is 5.35. The van der Waals surface area contributed by atoms with Crippen molar-refractivity contribution < 1.29 is 4.79 Å². The summed E-state index contributed by atoms with van der Waals surface area (Å²) in [4.78, 5) is 13.8. The lowest BCUT2D eigenvalue weighted by Crippen LogP contribution is -2.42. The van der Waals surface area contributed by atoms with E-state index in [1.54, 1.807) is 0 Å². The van der Waals surface area contributed by atoms with Gasteiger partial charge in [-0.15, -0.1) is 0 Å². The lowest BCUT2D eigenvalue weighted by molar-refractivity contribution is -0.136. The lowest BCUT2D eigenvalue weighted by Gasteiger charge is -2.33. The average molecular weight is 198 g/mol. The Morgan fingerprint density at radius 1 is 1.50 bits per heavy atom. The fourth-order valence-electron chi connectivity index (χ4n) is 1.88. The Kier molecular flexibility index (Phi) is 4.39. The van der Waals surface area contributed by atoms with Gasteiger partial charge in [-0.2, -0.15) is 0 Å². The molecule has 0 aliphatic carbocycles. The van der Waals surface area contributed by atoms with Crippen molar-refractivity contribution in [2.75, 3.05) is 19.6 Å². The van der Waals surface area contributed by atoms with E-state index in [0.29, 0.717) is 11.8 Å². The van der Waals surface area contributed by atoms with Crippen molar-refractivity contribution in [3.63, 3.8) is 0 Å². The summed E-state index contributed by atoms with van der Waals surface area (Å²) in [6.45, 7) is 6.66. The number of hydrogen-bond acceptors (Lipinski definition) is 2. The summed E-state index contributed by atoms with van der Waals surface area (Å²) in [7, 11) is 0. The highest BCUT2D eigenvalue weighted by molar-refractivity contribution is 5.78. The molecule has 2 N–H and O–H groups in total. The molecule has 0 aromatic heterocycles. The minimum Gasteiger partial charge on any atom is -0.342 e. The van der Waals surface area contributed by atoms with Crippen LogP contribution in [-0.4, -0.2) is 30.4 Å². The Bertz CT molecular complexity index is 186. The highest BCUT2D eigenvalue weighted by atomic mass is 16.2. The van der Waals surface area contributed by atoms with Gasteiger partial charge >= 0.3 is 0 Å². The number of nitrogens with zero attached hydrogens (tertiary/aromatic N) is 1. The zero-order chi connectivity index (χ0) is 10.6. The highest BCUT2D eigenvalue weighted by Crippen LogP contribution is 2.18. The van der Waals surface area contributed by atoms with Crippen LogP contribution in [0.15, 0.2) is 0 Å². The van der Waals surface area contributed by atoms with Gasteiger partial charge in [0, 0.05) is 19.0 Å². The number of hydrogen-bond donors (Lipinski definition) is 1. The maximum atomic E-state index is 11.8. The first-order valence-electron chi connectivity index (χ1n) is 5.67. The normalized spacial score (nSPS) is 20.9. The molecule has 0 spiro atoms. The second-order valence-corrected chi connectivity index (χ2v) is 4.31. The van der Waals surface area contributed by atoms with Gasteiger partial charge in [-0.25, -0.2) is 0 Å². The molecular formula is C11H22N2O. The number of carbonyl (C=O) groups is 1. The van der Waals surface area contributed by atoms with Gasteiger partial charge in [0.05, 0.1) is 0 Å². The van der Waals surface area contributed by atoms with Crippen molar-refractivity contribution >= 4 is 5.91 Å². The van der Waals surface area contributed by atoms with Crippen LogP contribution in [0.25, 0.3) is 0 Å². The van der Waals surface area contributed by atoms with Crippen LogP contribution in [0.3, 0.4) is 0 Å². The van der Waals surface area contributed by atoms with E-state index in [-0.39, 0.29) is 5.92 Å². The third-order valence-electron chi connectivity index (χ3n) is 3.29. The summed E-state index contributed by atoms with van der Waals surface area (Å²) in [6, 6.07) is 0. The van der Waals surface area contributed by atoms with Gasteiger partial charge < -0.3 is 10.6 Å². The minimum atomic E-state index is 0.185. The van der Waals surface area contributed by atoms with Gasteiger partial charge in [0.1, 0.15) is 0 Å². The standard InChI is InChI=1S/C11H22N2O/c1-3-9(2)11(14)13-6-4-10(8-12)5-7-13/h9-10H,3-8,12H2,1-2H3. The van der Waals surface area contributed by atoms with Crippen LogP contribution in [0, 0.1) is 11.8 Å². The van der Waals surface area contributed by atoms with Crippen molar-refractivity contribution in [3.8, 4) is 0 Å². The molecular weight excluding hydrogens is 176 g/mol. The van der Waals surface area contributed by atoms with Crippen LogP contribution in [0.2, 0.25) is 0 Å². The van der Waals surface area contributed by atoms with Gasteiger partial charge in [-0.05, 0) is 31.7 Å². The quantitative estimate of drug-likeness (QED) is 0.741. The van der Waals surface area contributed by atoms with Crippen molar-refractivity contribution in [1.29, 1.82) is 0 Å². The maximum Gasteiger partial charge on any atom is 0.225 e. The maximum absolute atomic E-state index is 11.8. The molecule has 3 heteroatoms. The molecule has 1 aliphatic heterocycles. The predicted molar refractivity (Wildman–Crippen MR) is 57.8 cm³/mol. The SMILES string of the molecule is CCC(C)C(=O)N1CCC(CN)CC1. The van der Waals surface area contributed by atoms with E-state index in [1.165, 1.54) is 0 Å². The molecule has 0 aromatic rings. The van der Waals surface area contributed by atoms with Crippen LogP contribution < -0.4 is 5.73 Å². The smallest absolute Gasteiger partial charge is 0.225 e. The number of nitrogens with two attached hydrogens (primary N) is 1. The Labute approximate surface area is 86.6 Å². The summed E-state index contributed by atoms with van der Waals surface area (Å²) in [5, 5.41) is 0. The Balaban J connectivity index is 2.37. The Morgan fingerprint density at radius 3 is 2.50 bits per heavy atom. The van der Waals surface area contributed by atoms with Crippen LogP contribution in [0.4, 0.5) is 0 Å². The van der Waals surface area contributed by atoms with Gasteiger partial charge in [-0.1, -0.05) is 13.8 Å². The van der Waals surface area contributed by atoms with E-state index >= 15 is 0 Å². The molecule has 14 heavy (non-hydrogen) atoms. The zero-order valence-electron chi connectivity index (χ0n) is 9.33. The van der Waals surface area contributed by atoms with Crippen molar-refractivity contribution in [2.45, 2.75) is 33.1 Å². The number of piperidine rings is 1. The third kappa shape index (κ3) is 2.71. The highest BCUT2D eigenvalue weighted by Gasteiger charge is 2.24. The van der Waals surface area contributed by atoms with Crippen LogP contribution in [0.5, 0.6) is 0 Å². The Hall–Kier alpha value is -0.570. The van der Waals surface area contributed by atoms with E-state index in [2.05, 4.69) is 6.92 Å². The van der Waals surface area contributed by atoms with E-state index in [4.69, 9.17) is 5.73 Å². The molecule has 1 unspecified atom stereocenters. The molecule has 1 aliphatic rings. The Morgan fingerprint density at radius 2 is 2.07 bits per heavy atom. The summed E-state index contributed by atoms with van der Waals surface area (Å²) < 4.78 is 0. The van der Waals surface area contributed by atoms with Crippen LogP contribution in [0.1, 0.15) is 33.1 Å². The molecule has 1 fully saturated rings. The molecule has 3 nitrogen and oxygen atoms in total. The summed E-state index contributed by atoms with van der Waals surface area (Å²) >= 11 is 0. The predicted octanol–water partition coefficient (Wildman–Crippen LogP) is 1.23. The second-order valence-electron chi connectivity index (χ2n) is 4.31. The van der Waals surface area contributed by atoms with Gasteiger partial charge in [0.15, 0.2) is 0 Å². The number of likely N-dealkylation sites (tertiary alicyclic amines) is 1. The van der Waals surface area contributed by atoms with E-state index in [1.807, 2.05) is 11.8 Å². The molecule has 82 valence electrons. The summed E-state index contributed by atoms with van der Waals surface area (Å²) in [5.41, 5.74) is 5.61. The summed E-state index contributed by atoms with van der Waals surface area (Å²) in [6.07, 6.45) is 3.10. The molecule has 0 bridgehead atoms. The van der Waals surface area contributed by atoms with Crippen LogP contribution in [-0.2, 0) is 4.79 Å². The fraction of sp³-hybridized carbons (Fsp3) is 0.909. The first-order valence-corrected chi connectivity index (χ1v) is 5.67. The minimum absolute atomic E-state index is 0.185. The fourth-order valence-corrected chi connectivity index (χ4v) is 1.88. The van der Waals surface area contributed by atoms with Gasteiger partial charge in [0.25, 0.3) is 0 Å². The molecule has 0 aromatic carbocycles. The van der Waals surface area contributed by atoms with Crippen molar-refractivity contribution in [2.24, 2.45) is 17.6 Å². The zero-order valence-corrected chi connectivity index (χ0v) is 9.33. The number of amides is 1. The van der Waals surface area contributed by atoms with E-state index in [9.17, 15) is 4.79 Å². The largest absolute Gasteiger partial charge is 0.342 e. The third-order valence-corrected chi connectivity index (χ3v) is 3.29. The van der Waals surface area contributed by atoms with Crippen molar-refractivity contribution in [3.05, 3.63) is 0 Å². The molecule has 1 amide bonds. The topological polar surface area (TPSA) is 46.3 Å². The number of rotatable bonds is 3. The first-order chi connectivity index (χ1) is 6.69. The molecule has 1 atom stereocenters. The molecule has 0 radical (unpaired) electrons. The van der Waals surface area contributed by atoms with Gasteiger partial charge in [-0.3, -0.25) is 4.79 Å². The lowest BCUT2D eigenvalue weighted by atomic mass is 9.96. The van der Waals surface area contributed by atoms with Gasteiger partial charge in [0.2, 0.25) is 5.91 Å². The average Bonchev–Trinajstić information content (AvgIpc) is 2.27. The number of carbonyl (C=O) groups excluding carboxylic acids is 1. The van der Waals surface area contributed by atoms with Crippen LogP contribution >= 0.6 is 0 Å². The monoisotopic (exact) mass is 198 g/mol. The summed E-state index contributed by atoms with van der Waals surface area (Å²) in [5.74, 6) is 1.14. The molecule has 0 saturated carbocycles. The van der Waals surface area contributed by atoms with Crippen molar-refractivity contribution in [1.82, 2.24) is 4.90 Å². The van der Waals surface area contributed by atoms with E-state index < -0.39 is 0 Å². The molecule has 1 rings (SSSR count). The first kappa shape index (κ1) is 11.5.